The van der Waals surface area contributed by atoms with E-state index in [2.05, 4.69) is 0 Å². The van der Waals surface area contributed by atoms with Gasteiger partial charge in [0.25, 0.3) is 0 Å². The smallest absolute Gasteiger partial charge is 0.142 e. The molecule has 1 aromatic rings. The predicted octanol–water partition coefficient (Wildman–Crippen LogP) is 3.46. The fraction of sp³-hybridized carbons (Fsp3) is 0.455. The zero-order valence-corrected chi connectivity index (χ0v) is 10.7. The highest BCUT2D eigenvalue weighted by Gasteiger charge is 2.32. The van der Waals surface area contributed by atoms with Crippen molar-refractivity contribution in [2.75, 3.05) is 0 Å². The van der Waals surface area contributed by atoms with Crippen LogP contribution in [-0.2, 0) is 0 Å². The van der Waals surface area contributed by atoms with Gasteiger partial charge in [-0.3, -0.25) is 0 Å². The second kappa shape index (κ2) is 4.40. The van der Waals surface area contributed by atoms with Crippen LogP contribution in [0.5, 0.6) is 5.75 Å². The minimum atomic E-state index is -0.450. The molecule has 1 atom stereocenters. The van der Waals surface area contributed by atoms with E-state index in [1.165, 1.54) is 12.1 Å². The minimum absolute atomic E-state index is 0. The van der Waals surface area contributed by atoms with Crippen LogP contribution < -0.4 is 10.5 Å². The first-order valence-electron chi connectivity index (χ1n) is 4.82. The Morgan fingerprint density at radius 1 is 1.50 bits per heavy atom. The summed E-state index contributed by atoms with van der Waals surface area (Å²) in [6, 6.07) is 2.65. The molecule has 0 aliphatic carbocycles. The Labute approximate surface area is 105 Å². The van der Waals surface area contributed by atoms with Crippen LogP contribution in [0.25, 0.3) is 0 Å². The molecule has 1 heterocycles. The maximum atomic E-state index is 13.2. The van der Waals surface area contributed by atoms with Gasteiger partial charge in [0.15, 0.2) is 0 Å². The summed E-state index contributed by atoms with van der Waals surface area (Å²) in [4.78, 5) is 0. The number of ether oxygens (including phenoxy) is 1. The average molecular weight is 266 g/mol. The lowest BCUT2D eigenvalue weighted by Gasteiger charge is -2.36. The number of rotatable bonds is 0. The third-order valence-corrected chi connectivity index (χ3v) is 2.84. The van der Waals surface area contributed by atoms with E-state index in [1.54, 1.807) is 0 Å². The number of benzene rings is 1. The van der Waals surface area contributed by atoms with Gasteiger partial charge in [-0.25, -0.2) is 4.39 Å². The topological polar surface area (TPSA) is 35.2 Å². The second-order valence-corrected chi connectivity index (χ2v) is 4.88. The molecule has 0 saturated heterocycles. The van der Waals surface area contributed by atoms with Crippen molar-refractivity contribution in [3.8, 4) is 5.75 Å². The Morgan fingerprint density at radius 3 is 2.75 bits per heavy atom. The fourth-order valence-corrected chi connectivity index (χ4v) is 2.05. The molecule has 0 spiro atoms. The number of hydrogen-bond donors (Lipinski definition) is 1. The van der Waals surface area contributed by atoms with Crippen LogP contribution in [0.15, 0.2) is 12.1 Å². The number of nitrogens with two attached hydrogens (primary N) is 1. The summed E-state index contributed by atoms with van der Waals surface area (Å²) in [5, 5.41) is 0.0682. The van der Waals surface area contributed by atoms with Crippen molar-refractivity contribution in [3.05, 3.63) is 28.5 Å². The van der Waals surface area contributed by atoms with Gasteiger partial charge < -0.3 is 10.5 Å². The third-order valence-electron chi connectivity index (χ3n) is 2.55. The van der Waals surface area contributed by atoms with Gasteiger partial charge in [0.2, 0.25) is 0 Å². The van der Waals surface area contributed by atoms with E-state index < -0.39 is 5.82 Å². The van der Waals surface area contributed by atoms with Crippen LogP contribution in [0.4, 0.5) is 4.39 Å². The molecule has 2 N–H and O–H groups in total. The molecular weight excluding hydrogens is 252 g/mol. The average Bonchev–Trinajstić information content (AvgIpc) is 2.07. The van der Waals surface area contributed by atoms with Gasteiger partial charge in [0.05, 0.1) is 5.02 Å². The minimum Gasteiger partial charge on any atom is -0.487 e. The summed E-state index contributed by atoms with van der Waals surface area (Å²) in [5.41, 5.74) is 6.32. The molecule has 0 radical (unpaired) electrons. The Morgan fingerprint density at radius 2 is 2.12 bits per heavy atom. The molecule has 1 aliphatic heterocycles. The largest absolute Gasteiger partial charge is 0.487 e. The standard InChI is InChI=1S/C11H13ClFNO.ClH/c1-11(2)5-9(14)6-3-8(13)7(12)4-10(6)15-11;/h3-4,9H,5,14H2,1-2H3;1H. The Hall–Kier alpha value is -0.510. The summed E-state index contributed by atoms with van der Waals surface area (Å²) in [6.45, 7) is 3.90. The molecule has 0 fully saturated rings. The summed E-state index contributed by atoms with van der Waals surface area (Å²) in [6.07, 6.45) is 0.668. The quantitative estimate of drug-likeness (QED) is 0.780. The van der Waals surface area contributed by atoms with Gasteiger partial charge in [-0.05, 0) is 19.9 Å². The second-order valence-electron chi connectivity index (χ2n) is 4.48. The van der Waals surface area contributed by atoms with Crippen molar-refractivity contribution in [2.45, 2.75) is 31.9 Å². The molecule has 0 saturated carbocycles. The van der Waals surface area contributed by atoms with E-state index in [-0.39, 0.29) is 29.1 Å². The van der Waals surface area contributed by atoms with Crippen molar-refractivity contribution in [1.29, 1.82) is 0 Å². The molecule has 16 heavy (non-hydrogen) atoms. The van der Waals surface area contributed by atoms with Gasteiger partial charge >= 0.3 is 0 Å². The molecule has 90 valence electrons. The van der Waals surface area contributed by atoms with E-state index in [1.807, 2.05) is 13.8 Å². The number of hydrogen-bond acceptors (Lipinski definition) is 2. The molecule has 0 amide bonds. The highest BCUT2D eigenvalue weighted by atomic mass is 35.5. The van der Waals surface area contributed by atoms with Crippen LogP contribution >= 0.6 is 24.0 Å². The van der Waals surface area contributed by atoms with Crippen molar-refractivity contribution in [2.24, 2.45) is 5.73 Å². The van der Waals surface area contributed by atoms with Crippen molar-refractivity contribution >= 4 is 24.0 Å². The SMILES string of the molecule is CC1(C)CC(N)c2cc(F)c(Cl)cc2O1.Cl. The van der Waals surface area contributed by atoms with Gasteiger partial charge in [-0.1, -0.05) is 11.6 Å². The molecular formula is C11H14Cl2FNO. The van der Waals surface area contributed by atoms with Crippen LogP contribution in [-0.4, -0.2) is 5.60 Å². The van der Waals surface area contributed by atoms with Gasteiger partial charge in [0, 0.05) is 24.1 Å². The van der Waals surface area contributed by atoms with Crippen LogP contribution in [0, 0.1) is 5.82 Å². The monoisotopic (exact) mass is 265 g/mol. The zero-order valence-electron chi connectivity index (χ0n) is 9.09. The van der Waals surface area contributed by atoms with Gasteiger partial charge in [0.1, 0.15) is 17.2 Å². The highest BCUT2D eigenvalue weighted by Crippen LogP contribution is 2.40. The van der Waals surface area contributed by atoms with E-state index in [9.17, 15) is 4.39 Å². The molecule has 1 unspecified atom stereocenters. The lowest BCUT2D eigenvalue weighted by Crippen LogP contribution is -2.37. The third kappa shape index (κ3) is 2.42. The summed E-state index contributed by atoms with van der Waals surface area (Å²) >= 11 is 5.69. The lowest BCUT2D eigenvalue weighted by atomic mass is 9.90. The fourth-order valence-electron chi connectivity index (χ4n) is 1.90. The van der Waals surface area contributed by atoms with Gasteiger partial charge in [-0.15, -0.1) is 12.4 Å². The van der Waals surface area contributed by atoms with Crippen LogP contribution in [0.3, 0.4) is 0 Å². The predicted molar refractivity (Wildman–Crippen MR) is 64.9 cm³/mol. The molecule has 0 bridgehead atoms. The molecule has 2 nitrogen and oxygen atoms in total. The van der Waals surface area contributed by atoms with E-state index in [4.69, 9.17) is 22.1 Å². The molecule has 1 aliphatic rings. The van der Waals surface area contributed by atoms with Gasteiger partial charge in [-0.2, -0.15) is 0 Å². The van der Waals surface area contributed by atoms with E-state index in [0.29, 0.717) is 17.7 Å². The first-order chi connectivity index (χ1) is 6.89. The number of halogens is 3. The van der Waals surface area contributed by atoms with Crippen LogP contribution in [0.2, 0.25) is 5.02 Å². The number of fused-ring (bicyclic) bond motifs is 1. The maximum absolute atomic E-state index is 13.2. The molecule has 2 rings (SSSR count). The Bertz CT molecular complexity index is 409. The Kier molecular flexibility index (Phi) is 3.72. The normalized spacial score (nSPS) is 21.7. The zero-order chi connectivity index (χ0) is 11.2. The van der Waals surface area contributed by atoms with Crippen LogP contribution in [0.1, 0.15) is 31.9 Å². The van der Waals surface area contributed by atoms with Crippen molar-refractivity contribution in [1.82, 2.24) is 0 Å². The van der Waals surface area contributed by atoms with E-state index >= 15 is 0 Å². The first-order valence-corrected chi connectivity index (χ1v) is 5.20. The highest BCUT2D eigenvalue weighted by molar-refractivity contribution is 6.30. The van der Waals surface area contributed by atoms with Crippen molar-refractivity contribution in [3.63, 3.8) is 0 Å². The summed E-state index contributed by atoms with van der Waals surface area (Å²) in [7, 11) is 0. The summed E-state index contributed by atoms with van der Waals surface area (Å²) in [5.74, 6) is 0.138. The Balaban J connectivity index is 0.00000128. The van der Waals surface area contributed by atoms with Crippen molar-refractivity contribution < 1.29 is 9.13 Å². The molecule has 5 heteroatoms. The first kappa shape index (κ1) is 13.6. The lowest BCUT2D eigenvalue weighted by molar-refractivity contribution is 0.0726. The summed E-state index contributed by atoms with van der Waals surface area (Å²) < 4.78 is 18.9. The maximum Gasteiger partial charge on any atom is 0.142 e. The van der Waals surface area contributed by atoms with E-state index in [0.717, 1.165) is 0 Å². The molecule has 0 aromatic heterocycles. The molecule has 1 aromatic carbocycles.